The van der Waals surface area contributed by atoms with Gasteiger partial charge in [0.2, 0.25) is 0 Å². The molecule has 0 aliphatic heterocycles. The Morgan fingerprint density at radius 1 is 1.89 bits per heavy atom. The second-order valence-corrected chi connectivity index (χ2v) is 2.14. The molecule has 2 heteroatoms. The molecular weight excluding hydrogens is 114 g/mol. The zero-order valence-corrected chi connectivity index (χ0v) is 5.76. The van der Waals surface area contributed by atoms with Crippen molar-refractivity contribution < 1.29 is 4.79 Å². The molecular formula is C7H13NO. The van der Waals surface area contributed by atoms with Crippen LogP contribution in [0.3, 0.4) is 0 Å². The third kappa shape index (κ3) is 5.24. The predicted molar refractivity (Wildman–Crippen MR) is 38.1 cm³/mol. The molecule has 0 amide bonds. The minimum absolute atomic E-state index is 0.0195. The number of hydrogen-bond acceptors (Lipinski definition) is 2. The van der Waals surface area contributed by atoms with E-state index in [4.69, 9.17) is 5.73 Å². The number of carbonyl (C=O) groups is 1. The first-order valence-electron chi connectivity index (χ1n) is 3.04. The highest BCUT2D eigenvalue weighted by Crippen LogP contribution is 1.94. The Morgan fingerprint density at radius 2 is 2.44 bits per heavy atom. The van der Waals surface area contributed by atoms with Crippen LogP contribution in [0.1, 0.15) is 19.8 Å². The number of nitrogens with two attached hydrogens (primary N) is 1. The Hall–Kier alpha value is -0.630. The van der Waals surface area contributed by atoms with Crippen molar-refractivity contribution in [2.45, 2.75) is 25.8 Å². The SMILES string of the molecule is C=CC(N)CCC(C)=O. The Balaban J connectivity index is 3.26. The summed E-state index contributed by atoms with van der Waals surface area (Å²) in [5.74, 6) is 0.187. The van der Waals surface area contributed by atoms with Gasteiger partial charge in [-0.2, -0.15) is 0 Å². The second kappa shape index (κ2) is 4.27. The van der Waals surface area contributed by atoms with Crippen molar-refractivity contribution in [2.75, 3.05) is 0 Å². The van der Waals surface area contributed by atoms with Crippen LogP contribution in [0.15, 0.2) is 12.7 Å². The quantitative estimate of drug-likeness (QED) is 0.569. The van der Waals surface area contributed by atoms with E-state index in [0.717, 1.165) is 6.42 Å². The van der Waals surface area contributed by atoms with Gasteiger partial charge >= 0.3 is 0 Å². The summed E-state index contributed by atoms with van der Waals surface area (Å²) in [6, 6.07) is -0.0195. The summed E-state index contributed by atoms with van der Waals surface area (Å²) in [6.45, 7) is 5.07. The molecule has 2 nitrogen and oxygen atoms in total. The highest BCUT2D eigenvalue weighted by molar-refractivity contribution is 5.75. The zero-order chi connectivity index (χ0) is 7.28. The summed E-state index contributed by atoms with van der Waals surface area (Å²) in [5.41, 5.74) is 5.45. The smallest absolute Gasteiger partial charge is 0.129 e. The van der Waals surface area contributed by atoms with Crippen LogP contribution in [-0.4, -0.2) is 11.8 Å². The molecule has 0 bridgehead atoms. The standard InChI is InChI=1S/C7H13NO/c1-3-7(8)5-4-6(2)9/h3,7H,1,4-5,8H2,2H3. The Bertz CT molecular complexity index is 109. The fourth-order valence-corrected chi connectivity index (χ4v) is 0.488. The van der Waals surface area contributed by atoms with Gasteiger partial charge in [0.1, 0.15) is 5.78 Å². The van der Waals surface area contributed by atoms with E-state index in [1.54, 1.807) is 13.0 Å². The third-order valence-corrected chi connectivity index (χ3v) is 1.13. The topological polar surface area (TPSA) is 43.1 Å². The van der Waals surface area contributed by atoms with Gasteiger partial charge in [-0.05, 0) is 13.3 Å². The van der Waals surface area contributed by atoms with E-state index in [0.29, 0.717) is 6.42 Å². The van der Waals surface area contributed by atoms with Gasteiger partial charge in [-0.1, -0.05) is 6.08 Å². The number of carbonyl (C=O) groups excluding carboxylic acids is 1. The summed E-state index contributed by atoms with van der Waals surface area (Å²) in [7, 11) is 0. The van der Waals surface area contributed by atoms with E-state index >= 15 is 0 Å². The van der Waals surface area contributed by atoms with Crippen LogP contribution < -0.4 is 5.73 Å². The van der Waals surface area contributed by atoms with Crippen molar-refractivity contribution >= 4 is 5.78 Å². The van der Waals surface area contributed by atoms with Crippen LogP contribution in [0.2, 0.25) is 0 Å². The van der Waals surface area contributed by atoms with Crippen LogP contribution in [0.5, 0.6) is 0 Å². The zero-order valence-electron chi connectivity index (χ0n) is 5.76. The monoisotopic (exact) mass is 127 g/mol. The molecule has 2 N–H and O–H groups in total. The maximum Gasteiger partial charge on any atom is 0.129 e. The lowest BCUT2D eigenvalue weighted by atomic mass is 10.1. The van der Waals surface area contributed by atoms with E-state index < -0.39 is 0 Å². The largest absolute Gasteiger partial charge is 0.324 e. The number of rotatable bonds is 4. The molecule has 0 aromatic carbocycles. The average molecular weight is 127 g/mol. The summed E-state index contributed by atoms with van der Waals surface area (Å²) in [6.07, 6.45) is 2.94. The van der Waals surface area contributed by atoms with Crippen molar-refractivity contribution in [3.63, 3.8) is 0 Å². The lowest BCUT2D eigenvalue weighted by molar-refractivity contribution is -0.117. The Morgan fingerprint density at radius 3 is 2.78 bits per heavy atom. The normalized spacial score (nSPS) is 12.7. The first-order chi connectivity index (χ1) is 4.16. The van der Waals surface area contributed by atoms with E-state index in [-0.39, 0.29) is 11.8 Å². The molecule has 1 atom stereocenters. The highest BCUT2D eigenvalue weighted by atomic mass is 16.1. The Labute approximate surface area is 55.7 Å². The molecule has 0 fully saturated rings. The molecule has 9 heavy (non-hydrogen) atoms. The molecule has 1 unspecified atom stereocenters. The van der Waals surface area contributed by atoms with Crippen LogP contribution in [0.4, 0.5) is 0 Å². The molecule has 0 spiro atoms. The first kappa shape index (κ1) is 8.37. The van der Waals surface area contributed by atoms with Crippen LogP contribution in [0, 0.1) is 0 Å². The lowest BCUT2D eigenvalue weighted by Gasteiger charge is -2.01. The maximum absolute atomic E-state index is 10.4. The fraction of sp³-hybridized carbons (Fsp3) is 0.571. The summed E-state index contributed by atoms with van der Waals surface area (Å²) < 4.78 is 0. The predicted octanol–water partition coefficient (Wildman–Crippen LogP) is 0.869. The fourth-order valence-electron chi connectivity index (χ4n) is 0.488. The second-order valence-electron chi connectivity index (χ2n) is 2.14. The van der Waals surface area contributed by atoms with Gasteiger partial charge < -0.3 is 10.5 Å². The van der Waals surface area contributed by atoms with E-state index in [9.17, 15) is 4.79 Å². The van der Waals surface area contributed by atoms with Gasteiger partial charge in [-0.3, -0.25) is 0 Å². The molecule has 0 aliphatic carbocycles. The van der Waals surface area contributed by atoms with Gasteiger partial charge in [-0.25, -0.2) is 0 Å². The number of hydrogen-bond donors (Lipinski definition) is 1. The van der Waals surface area contributed by atoms with Gasteiger partial charge in [0.05, 0.1) is 0 Å². The van der Waals surface area contributed by atoms with Crippen LogP contribution >= 0.6 is 0 Å². The maximum atomic E-state index is 10.4. The van der Waals surface area contributed by atoms with Crippen molar-refractivity contribution in [1.82, 2.24) is 0 Å². The number of ketones is 1. The summed E-state index contributed by atoms with van der Waals surface area (Å²) >= 11 is 0. The summed E-state index contributed by atoms with van der Waals surface area (Å²) in [4.78, 5) is 10.4. The van der Waals surface area contributed by atoms with Crippen molar-refractivity contribution in [3.8, 4) is 0 Å². The average Bonchev–Trinajstić information content (AvgIpc) is 1.83. The van der Waals surface area contributed by atoms with Crippen molar-refractivity contribution in [2.24, 2.45) is 5.73 Å². The van der Waals surface area contributed by atoms with Gasteiger partial charge in [0.15, 0.2) is 0 Å². The summed E-state index contributed by atoms with van der Waals surface area (Å²) in [5, 5.41) is 0. The van der Waals surface area contributed by atoms with E-state index in [2.05, 4.69) is 6.58 Å². The molecule has 52 valence electrons. The van der Waals surface area contributed by atoms with Gasteiger partial charge in [-0.15, -0.1) is 6.58 Å². The lowest BCUT2D eigenvalue weighted by Crippen LogP contribution is -2.16. The molecule has 0 radical (unpaired) electrons. The molecule has 0 rings (SSSR count). The molecule has 0 heterocycles. The van der Waals surface area contributed by atoms with E-state index in [1.807, 2.05) is 0 Å². The molecule has 0 aromatic rings. The third-order valence-electron chi connectivity index (χ3n) is 1.13. The van der Waals surface area contributed by atoms with Crippen LogP contribution in [-0.2, 0) is 4.79 Å². The minimum atomic E-state index is -0.0195. The molecule has 0 aromatic heterocycles. The highest BCUT2D eigenvalue weighted by Gasteiger charge is 1.97. The Kier molecular flexibility index (Phi) is 3.97. The van der Waals surface area contributed by atoms with Gasteiger partial charge in [0, 0.05) is 12.5 Å². The minimum Gasteiger partial charge on any atom is -0.324 e. The van der Waals surface area contributed by atoms with Crippen molar-refractivity contribution in [3.05, 3.63) is 12.7 Å². The van der Waals surface area contributed by atoms with Gasteiger partial charge in [0.25, 0.3) is 0 Å². The van der Waals surface area contributed by atoms with Crippen molar-refractivity contribution in [1.29, 1.82) is 0 Å². The molecule has 0 aliphatic rings. The molecule has 0 saturated carbocycles. The first-order valence-corrected chi connectivity index (χ1v) is 3.04. The molecule has 0 saturated heterocycles. The van der Waals surface area contributed by atoms with E-state index in [1.165, 1.54) is 0 Å². The van der Waals surface area contributed by atoms with Crippen LogP contribution in [0.25, 0.3) is 0 Å². The number of Topliss-reactive ketones (excluding diaryl/α,β-unsaturated/α-hetero) is 1.